The van der Waals surface area contributed by atoms with E-state index in [0.717, 1.165) is 12.0 Å². The third kappa shape index (κ3) is 2.56. The molecule has 3 atom stereocenters. The molecule has 2 fully saturated rings. The highest BCUT2D eigenvalue weighted by Crippen LogP contribution is 2.39. The van der Waals surface area contributed by atoms with E-state index in [0.29, 0.717) is 12.6 Å². The number of aromatic nitrogens is 2. The molecule has 4 nitrogen and oxygen atoms in total. The summed E-state index contributed by atoms with van der Waals surface area (Å²) in [4.78, 5) is 2.68. The molecule has 2 heterocycles. The van der Waals surface area contributed by atoms with Crippen LogP contribution >= 0.6 is 0 Å². The number of nitrogens with zero attached hydrogens (tertiary/aromatic N) is 3. The normalized spacial score (nSPS) is 30.0. The molecule has 1 saturated heterocycles. The molecule has 1 aliphatic heterocycles. The van der Waals surface area contributed by atoms with E-state index < -0.39 is 0 Å². The van der Waals surface area contributed by atoms with Gasteiger partial charge in [0, 0.05) is 31.4 Å². The van der Waals surface area contributed by atoms with Crippen LogP contribution in [0.5, 0.6) is 0 Å². The Kier molecular flexibility index (Phi) is 3.89. The van der Waals surface area contributed by atoms with Gasteiger partial charge in [0.25, 0.3) is 0 Å². The second-order valence-corrected chi connectivity index (χ2v) is 6.19. The fourth-order valence-corrected chi connectivity index (χ4v) is 4.13. The van der Waals surface area contributed by atoms with E-state index in [4.69, 9.17) is 5.73 Å². The molecule has 4 heteroatoms. The van der Waals surface area contributed by atoms with Crippen molar-refractivity contribution >= 4 is 0 Å². The molecule has 1 aliphatic carbocycles. The van der Waals surface area contributed by atoms with Crippen LogP contribution in [0.15, 0.2) is 12.4 Å². The zero-order valence-electron chi connectivity index (χ0n) is 12.0. The third-order valence-corrected chi connectivity index (χ3v) is 5.02. The largest absolute Gasteiger partial charge is 0.329 e. The molecule has 2 aliphatic rings. The van der Waals surface area contributed by atoms with Gasteiger partial charge in [0.2, 0.25) is 0 Å². The molecule has 106 valence electrons. The van der Waals surface area contributed by atoms with E-state index in [1.165, 1.54) is 50.6 Å². The lowest BCUT2D eigenvalue weighted by Gasteiger charge is -2.47. The Bertz CT molecular complexity index is 412. The Morgan fingerprint density at radius 2 is 2.11 bits per heavy atom. The van der Waals surface area contributed by atoms with Crippen molar-refractivity contribution in [1.82, 2.24) is 14.7 Å². The van der Waals surface area contributed by atoms with Crippen LogP contribution in [0.25, 0.3) is 0 Å². The molecular weight excluding hydrogens is 236 g/mol. The average Bonchev–Trinajstić information content (AvgIpc) is 2.86. The van der Waals surface area contributed by atoms with E-state index in [9.17, 15) is 0 Å². The molecule has 19 heavy (non-hydrogen) atoms. The summed E-state index contributed by atoms with van der Waals surface area (Å²) in [7, 11) is 1.98. The lowest BCUT2D eigenvalue weighted by molar-refractivity contribution is 0.0276. The van der Waals surface area contributed by atoms with Gasteiger partial charge in [0.1, 0.15) is 0 Å². The summed E-state index contributed by atoms with van der Waals surface area (Å²) >= 11 is 0. The second kappa shape index (κ2) is 5.63. The van der Waals surface area contributed by atoms with E-state index in [1.807, 2.05) is 17.9 Å². The van der Waals surface area contributed by atoms with Gasteiger partial charge < -0.3 is 5.73 Å². The topological polar surface area (TPSA) is 47.1 Å². The summed E-state index contributed by atoms with van der Waals surface area (Å²) in [6.07, 6.45) is 12.5. The molecule has 1 aromatic rings. The number of aryl methyl sites for hydroxylation is 1. The molecule has 0 amide bonds. The van der Waals surface area contributed by atoms with Gasteiger partial charge in [-0.1, -0.05) is 12.8 Å². The van der Waals surface area contributed by atoms with Crippen LogP contribution in [0.2, 0.25) is 0 Å². The molecule has 0 bridgehead atoms. The van der Waals surface area contributed by atoms with Crippen molar-refractivity contribution in [1.29, 1.82) is 0 Å². The highest BCUT2D eigenvalue weighted by molar-refractivity contribution is 5.12. The molecule has 1 saturated carbocycles. The van der Waals surface area contributed by atoms with Crippen LogP contribution in [0.1, 0.15) is 50.1 Å². The molecule has 3 unspecified atom stereocenters. The number of nitrogens with two attached hydrogens (primary N) is 1. The van der Waals surface area contributed by atoms with Crippen molar-refractivity contribution in [2.45, 2.75) is 50.6 Å². The van der Waals surface area contributed by atoms with Crippen LogP contribution < -0.4 is 5.73 Å². The fourth-order valence-electron chi connectivity index (χ4n) is 4.13. The van der Waals surface area contributed by atoms with Gasteiger partial charge in [-0.2, -0.15) is 5.10 Å². The minimum atomic E-state index is 0.361. The number of hydrogen-bond donors (Lipinski definition) is 1. The van der Waals surface area contributed by atoms with Crippen molar-refractivity contribution in [2.75, 3.05) is 13.1 Å². The standard InChI is InChI=1S/C15H26N4/c1-18-11-13(10-17-18)15(9-16)19-8-4-6-12-5-2-3-7-14(12)19/h10-12,14-15H,2-9,16H2,1H3. The minimum Gasteiger partial charge on any atom is -0.329 e. The molecule has 2 N–H and O–H groups in total. The predicted molar refractivity (Wildman–Crippen MR) is 76.7 cm³/mol. The molecule has 0 aromatic carbocycles. The molecule has 1 aromatic heterocycles. The fraction of sp³-hybridized carbons (Fsp3) is 0.800. The average molecular weight is 262 g/mol. The highest BCUT2D eigenvalue weighted by atomic mass is 15.3. The first-order valence-corrected chi connectivity index (χ1v) is 7.74. The monoisotopic (exact) mass is 262 g/mol. The van der Waals surface area contributed by atoms with Gasteiger partial charge >= 0.3 is 0 Å². The maximum absolute atomic E-state index is 6.09. The van der Waals surface area contributed by atoms with Crippen molar-refractivity contribution in [3.05, 3.63) is 18.0 Å². The highest BCUT2D eigenvalue weighted by Gasteiger charge is 2.36. The third-order valence-electron chi connectivity index (χ3n) is 5.02. The first-order chi connectivity index (χ1) is 9.29. The van der Waals surface area contributed by atoms with Gasteiger partial charge in [-0.3, -0.25) is 9.58 Å². The number of hydrogen-bond acceptors (Lipinski definition) is 3. The van der Waals surface area contributed by atoms with Crippen LogP contribution in [0.4, 0.5) is 0 Å². The minimum absolute atomic E-state index is 0.361. The Hall–Kier alpha value is -0.870. The zero-order chi connectivity index (χ0) is 13.2. The van der Waals surface area contributed by atoms with Crippen LogP contribution in [-0.2, 0) is 7.05 Å². The van der Waals surface area contributed by atoms with E-state index in [1.54, 1.807) is 0 Å². The van der Waals surface area contributed by atoms with Crippen molar-refractivity contribution in [3.8, 4) is 0 Å². The van der Waals surface area contributed by atoms with Crippen LogP contribution in [-0.4, -0.2) is 33.8 Å². The predicted octanol–water partition coefficient (Wildman–Crippen LogP) is 2.07. The van der Waals surface area contributed by atoms with Crippen molar-refractivity contribution in [2.24, 2.45) is 18.7 Å². The van der Waals surface area contributed by atoms with Crippen molar-refractivity contribution < 1.29 is 0 Å². The van der Waals surface area contributed by atoms with E-state index in [2.05, 4.69) is 16.2 Å². The summed E-state index contributed by atoms with van der Waals surface area (Å²) < 4.78 is 1.89. The number of likely N-dealkylation sites (tertiary alicyclic amines) is 1. The lowest BCUT2D eigenvalue weighted by Crippen LogP contribution is -2.49. The summed E-state index contributed by atoms with van der Waals surface area (Å²) in [6.45, 7) is 1.91. The van der Waals surface area contributed by atoms with Gasteiger partial charge in [0.15, 0.2) is 0 Å². The summed E-state index contributed by atoms with van der Waals surface area (Å²) in [6, 6.07) is 1.12. The van der Waals surface area contributed by atoms with Gasteiger partial charge in [0.05, 0.1) is 12.2 Å². The Balaban J connectivity index is 1.81. The van der Waals surface area contributed by atoms with Gasteiger partial charge in [-0.25, -0.2) is 0 Å². The van der Waals surface area contributed by atoms with Gasteiger partial charge in [-0.05, 0) is 38.1 Å². The number of fused-ring (bicyclic) bond motifs is 1. The maximum Gasteiger partial charge on any atom is 0.0538 e. The van der Waals surface area contributed by atoms with Crippen LogP contribution in [0.3, 0.4) is 0 Å². The second-order valence-electron chi connectivity index (χ2n) is 6.19. The molecule has 0 spiro atoms. The summed E-state index contributed by atoms with van der Waals surface area (Å²) in [5.41, 5.74) is 7.38. The lowest BCUT2D eigenvalue weighted by atomic mass is 9.77. The zero-order valence-corrected chi connectivity index (χ0v) is 12.0. The maximum atomic E-state index is 6.09. The Labute approximate surface area is 116 Å². The first-order valence-electron chi connectivity index (χ1n) is 7.74. The number of rotatable bonds is 3. The smallest absolute Gasteiger partial charge is 0.0538 e. The molecule has 3 rings (SSSR count). The van der Waals surface area contributed by atoms with Gasteiger partial charge in [-0.15, -0.1) is 0 Å². The molecule has 0 radical (unpaired) electrons. The first kappa shape index (κ1) is 13.1. The number of piperidine rings is 1. The summed E-state index contributed by atoms with van der Waals surface area (Å²) in [5, 5.41) is 4.32. The van der Waals surface area contributed by atoms with E-state index in [-0.39, 0.29) is 0 Å². The Morgan fingerprint density at radius 3 is 2.84 bits per heavy atom. The van der Waals surface area contributed by atoms with E-state index >= 15 is 0 Å². The quantitative estimate of drug-likeness (QED) is 0.907. The Morgan fingerprint density at radius 1 is 1.32 bits per heavy atom. The molecular formula is C15H26N4. The van der Waals surface area contributed by atoms with Crippen LogP contribution in [0, 0.1) is 5.92 Å². The van der Waals surface area contributed by atoms with Crippen molar-refractivity contribution in [3.63, 3.8) is 0 Å². The summed E-state index contributed by atoms with van der Waals surface area (Å²) in [5.74, 6) is 0.910. The SMILES string of the molecule is Cn1cc(C(CN)N2CCCC3CCCCC32)cn1.